The Morgan fingerprint density at radius 2 is 2.00 bits per heavy atom. The van der Waals surface area contributed by atoms with E-state index in [0.717, 1.165) is 29.7 Å². The van der Waals surface area contributed by atoms with E-state index in [2.05, 4.69) is 51.2 Å². The highest BCUT2D eigenvalue weighted by Crippen LogP contribution is 2.29. The molecular formula is C15H15BrN2. The zero-order valence-electron chi connectivity index (χ0n) is 10.1. The van der Waals surface area contributed by atoms with Crippen LogP contribution in [0.3, 0.4) is 0 Å². The molecule has 0 saturated heterocycles. The minimum absolute atomic E-state index is 0.806. The fraction of sp³-hybridized carbons (Fsp3) is 0.200. The molecule has 3 heteroatoms. The summed E-state index contributed by atoms with van der Waals surface area (Å²) in [6.07, 6.45) is 1.14. The second-order valence-electron chi connectivity index (χ2n) is 4.66. The molecule has 1 aliphatic rings. The average molecular weight is 303 g/mol. The fourth-order valence-corrected chi connectivity index (χ4v) is 2.73. The standard InChI is InChI=1S/C15H15BrN2/c16-13-6-5-11(9-14(13)17)10-18-8-7-12-3-1-2-4-15(12)18/h1-6,9H,7-8,10,17H2. The van der Waals surface area contributed by atoms with Crippen LogP contribution in [0, 0.1) is 0 Å². The second-order valence-corrected chi connectivity index (χ2v) is 5.51. The molecule has 3 rings (SSSR count). The van der Waals surface area contributed by atoms with Gasteiger partial charge in [0.05, 0.1) is 0 Å². The van der Waals surface area contributed by atoms with Gasteiger partial charge >= 0.3 is 0 Å². The summed E-state index contributed by atoms with van der Waals surface area (Å²) in [4.78, 5) is 2.41. The zero-order valence-corrected chi connectivity index (χ0v) is 11.7. The normalized spacial score (nSPS) is 13.7. The Balaban J connectivity index is 1.84. The number of para-hydroxylation sites is 1. The van der Waals surface area contributed by atoms with E-state index < -0.39 is 0 Å². The van der Waals surface area contributed by atoms with Crippen LogP contribution in [0.1, 0.15) is 11.1 Å². The van der Waals surface area contributed by atoms with Crippen LogP contribution in [0.25, 0.3) is 0 Å². The molecule has 2 nitrogen and oxygen atoms in total. The molecule has 0 amide bonds. The third kappa shape index (κ3) is 2.10. The van der Waals surface area contributed by atoms with Gasteiger partial charge in [-0.05, 0) is 51.7 Å². The zero-order chi connectivity index (χ0) is 12.5. The van der Waals surface area contributed by atoms with Crippen LogP contribution in [-0.4, -0.2) is 6.54 Å². The topological polar surface area (TPSA) is 29.3 Å². The van der Waals surface area contributed by atoms with Gasteiger partial charge in [0.25, 0.3) is 0 Å². The monoisotopic (exact) mass is 302 g/mol. The lowest BCUT2D eigenvalue weighted by Gasteiger charge is -2.19. The van der Waals surface area contributed by atoms with Crippen molar-refractivity contribution in [2.45, 2.75) is 13.0 Å². The molecule has 0 bridgehead atoms. The van der Waals surface area contributed by atoms with Crippen molar-refractivity contribution in [2.75, 3.05) is 17.2 Å². The summed E-state index contributed by atoms with van der Waals surface area (Å²) in [6, 6.07) is 14.8. The van der Waals surface area contributed by atoms with Gasteiger partial charge in [-0.1, -0.05) is 24.3 Å². The van der Waals surface area contributed by atoms with Crippen molar-refractivity contribution in [3.8, 4) is 0 Å². The number of rotatable bonds is 2. The summed E-state index contributed by atoms with van der Waals surface area (Å²) in [6.45, 7) is 2.02. The minimum atomic E-state index is 0.806. The third-order valence-electron chi connectivity index (χ3n) is 3.42. The minimum Gasteiger partial charge on any atom is -0.398 e. The molecule has 92 valence electrons. The van der Waals surface area contributed by atoms with Crippen molar-refractivity contribution in [3.05, 3.63) is 58.1 Å². The maximum absolute atomic E-state index is 5.92. The molecule has 0 aliphatic carbocycles. The summed E-state index contributed by atoms with van der Waals surface area (Å²) in [5, 5.41) is 0. The molecule has 0 fully saturated rings. The molecule has 0 unspecified atom stereocenters. The molecule has 0 atom stereocenters. The van der Waals surface area contributed by atoms with Gasteiger partial charge in [0.2, 0.25) is 0 Å². The van der Waals surface area contributed by atoms with Crippen molar-refractivity contribution in [1.29, 1.82) is 0 Å². The molecule has 0 radical (unpaired) electrons. The van der Waals surface area contributed by atoms with Crippen LogP contribution in [0.2, 0.25) is 0 Å². The smallest absolute Gasteiger partial charge is 0.0461 e. The Kier molecular flexibility index (Phi) is 3.00. The lowest BCUT2D eigenvalue weighted by atomic mass is 10.1. The van der Waals surface area contributed by atoms with Crippen LogP contribution in [0.4, 0.5) is 11.4 Å². The van der Waals surface area contributed by atoms with Crippen molar-refractivity contribution >= 4 is 27.3 Å². The summed E-state index contributed by atoms with van der Waals surface area (Å²) >= 11 is 3.43. The third-order valence-corrected chi connectivity index (χ3v) is 4.14. The van der Waals surface area contributed by atoms with Crippen LogP contribution < -0.4 is 10.6 Å². The fourth-order valence-electron chi connectivity index (χ4n) is 2.48. The van der Waals surface area contributed by atoms with Crippen molar-refractivity contribution in [1.82, 2.24) is 0 Å². The molecule has 1 heterocycles. The van der Waals surface area contributed by atoms with Crippen molar-refractivity contribution in [2.24, 2.45) is 0 Å². The molecule has 0 spiro atoms. The van der Waals surface area contributed by atoms with E-state index in [1.807, 2.05) is 12.1 Å². The Hall–Kier alpha value is -1.48. The van der Waals surface area contributed by atoms with E-state index in [-0.39, 0.29) is 0 Å². The number of anilines is 2. The molecule has 18 heavy (non-hydrogen) atoms. The summed E-state index contributed by atoms with van der Waals surface area (Å²) in [7, 11) is 0. The molecule has 1 aliphatic heterocycles. The van der Waals surface area contributed by atoms with Crippen molar-refractivity contribution < 1.29 is 0 Å². The predicted molar refractivity (Wildman–Crippen MR) is 79.8 cm³/mol. The lowest BCUT2D eigenvalue weighted by Crippen LogP contribution is -2.19. The first-order valence-corrected chi connectivity index (χ1v) is 6.90. The van der Waals surface area contributed by atoms with Gasteiger partial charge in [-0.25, -0.2) is 0 Å². The highest BCUT2D eigenvalue weighted by Gasteiger charge is 2.18. The maximum atomic E-state index is 5.92. The van der Waals surface area contributed by atoms with E-state index >= 15 is 0 Å². The Morgan fingerprint density at radius 3 is 2.83 bits per heavy atom. The van der Waals surface area contributed by atoms with Gasteiger partial charge in [0.15, 0.2) is 0 Å². The van der Waals surface area contributed by atoms with Crippen molar-refractivity contribution in [3.63, 3.8) is 0 Å². The quantitative estimate of drug-likeness (QED) is 0.859. The van der Waals surface area contributed by atoms with E-state index in [1.165, 1.54) is 16.8 Å². The highest BCUT2D eigenvalue weighted by atomic mass is 79.9. The number of fused-ring (bicyclic) bond motifs is 1. The highest BCUT2D eigenvalue weighted by molar-refractivity contribution is 9.10. The van der Waals surface area contributed by atoms with Crippen LogP contribution in [-0.2, 0) is 13.0 Å². The first-order chi connectivity index (χ1) is 8.74. The van der Waals surface area contributed by atoms with Gasteiger partial charge < -0.3 is 10.6 Å². The Labute approximate surface area is 116 Å². The molecule has 2 N–H and O–H groups in total. The van der Waals surface area contributed by atoms with Gasteiger partial charge in [-0.15, -0.1) is 0 Å². The largest absolute Gasteiger partial charge is 0.398 e. The lowest BCUT2D eigenvalue weighted by molar-refractivity contribution is 0.836. The first kappa shape index (κ1) is 11.6. The van der Waals surface area contributed by atoms with E-state index in [4.69, 9.17) is 5.73 Å². The Bertz CT molecular complexity index is 580. The molecule has 2 aromatic rings. The summed E-state index contributed by atoms with van der Waals surface area (Å²) < 4.78 is 0.966. The van der Waals surface area contributed by atoms with Gasteiger partial charge in [0.1, 0.15) is 0 Å². The number of nitrogens with zero attached hydrogens (tertiary/aromatic N) is 1. The maximum Gasteiger partial charge on any atom is 0.0461 e. The SMILES string of the molecule is Nc1cc(CN2CCc3ccccc32)ccc1Br. The van der Waals surface area contributed by atoms with Crippen LogP contribution in [0.15, 0.2) is 46.9 Å². The number of hydrogen-bond donors (Lipinski definition) is 1. The van der Waals surface area contributed by atoms with E-state index in [0.29, 0.717) is 0 Å². The van der Waals surface area contributed by atoms with Crippen LogP contribution >= 0.6 is 15.9 Å². The molecular weight excluding hydrogens is 288 g/mol. The van der Waals surface area contributed by atoms with Gasteiger partial charge in [-0.2, -0.15) is 0 Å². The van der Waals surface area contributed by atoms with E-state index in [1.54, 1.807) is 0 Å². The first-order valence-electron chi connectivity index (χ1n) is 6.11. The van der Waals surface area contributed by atoms with Crippen LogP contribution in [0.5, 0.6) is 0 Å². The molecule has 0 aromatic heterocycles. The number of hydrogen-bond acceptors (Lipinski definition) is 2. The number of nitrogen functional groups attached to an aromatic ring is 1. The van der Waals surface area contributed by atoms with E-state index in [9.17, 15) is 0 Å². The summed E-state index contributed by atoms with van der Waals surface area (Å²) in [5.41, 5.74) is 10.8. The number of benzene rings is 2. The predicted octanol–water partition coefficient (Wildman–Crippen LogP) is 3.59. The van der Waals surface area contributed by atoms with Gasteiger partial charge in [0, 0.05) is 28.9 Å². The van der Waals surface area contributed by atoms with Gasteiger partial charge in [-0.3, -0.25) is 0 Å². The Morgan fingerprint density at radius 1 is 1.17 bits per heavy atom. The average Bonchev–Trinajstić information content (AvgIpc) is 2.78. The number of nitrogens with two attached hydrogens (primary N) is 1. The number of halogens is 1. The molecule has 2 aromatic carbocycles. The second kappa shape index (κ2) is 4.65. The summed E-state index contributed by atoms with van der Waals surface area (Å²) in [5.74, 6) is 0. The molecule has 0 saturated carbocycles.